The molecule has 0 radical (unpaired) electrons. The molecule has 1 heterocycles. The molecule has 0 aliphatic carbocycles. The fourth-order valence-corrected chi connectivity index (χ4v) is 2.97. The third-order valence-electron chi connectivity index (χ3n) is 4.17. The number of hydrogen-bond donors (Lipinski definition) is 2. The summed E-state index contributed by atoms with van der Waals surface area (Å²) in [5, 5.41) is 4.75. The Morgan fingerprint density at radius 1 is 1.05 bits per heavy atom. The van der Waals surface area contributed by atoms with Gasteiger partial charge in [-0.2, -0.15) is 0 Å². The number of benzene rings is 2. The van der Waals surface area contributed by atoms with Gasteiger partial charge in [-0.05, 0) is 61.7 Å². The number of rotatable bonds is 6. The van der Waals surface area contributed by atoms with Gasteiger partial charge in [0.2, 0.25) is 0 Å². The van der Waals surface area contributed by atoms with Crippen molar-refractivity contribution in [3.05, 3.63) is 59.8 Å². The van der Waals surface area contributed by atoms with E-state index in [2.05, 4.69) is 72.8 Å². The molecule has 0 fully saturated rings. The monoisotopic (exact) mass is 292 g/mol. The van der Waals surface area contributed by atoms with Crippen LogP contribution in [0.3, 0.4) is 0 Å². The Morgan fingerprint density at radius 3 is 2.73 bits per heavy atom. The summed E-state index contributed by atoms with van der Waals surface area (Å²) >= 11 is 0. The van der Waals surface area contributed by atoms with Crippen molar-refractivity contribution in [3.63, 3.8) is 0 Å². The van der Waals surface area contributed by atoms with Crippen LogP contribution in [0.15, 0.2) is 48.7 Å². The summed E-state index contributed by atoms with van der Waals surface area (Å²) in [6.07, 6.45) is 4.45. The first kappa shape index (κ1) is 14.9. The van der Waals surface area contributed by atoms with E-state index in [4.69, 9.17) is 0 Å². The number of fused-ring (bicyclic) bond motifs is 1. The second-order valence-electron chi connectivity index (χ2n) is 5.90. The van der Waals surface area contributed by atoms with Crippen LogP contribution in [-0.4, -0.2) is 18.1 Å². The molecule has 0 aliphatic rings. The number of nitrogens with one attached hydrogen (secondary N) is 2. The molecule has 0 aliphatic heterocycles. The SMILES string of the molecule is CCNCCCc1c[nH]c2ccc(-c3cccc(C)c3)cc12. The van der Waals surface area contributed by atoms with E-state index >= 15 is 0 Å². The van der Waals surface area contributed by atoms with Crippen LogP contribution in [-0.2, 0) is 6.42 Å². The second-order valence-corrected chi connectivity index (χ2v) is 5.90. The smallest absolute Gasteiger partial charge is 0.0457 e. The lowest BCUT2D eigenvalue weighted by molar-refractivity contribution is 0.674. The number of H-pyrrole nitrogens is 1. The lowest BCUT2D eigenvalue weighted by atomic mass is 10.00. The van der Waals surface area contributed by atoms with Crippen LogP contribution in [0.25, 0.3) is 22.0 Å². The Hall–Kier alpha value is -2.06. The van der Waals surface area contributed by atoms with Gasteiger partial charge in [-0.1, -0.05) is 42.8 Å². The molecule has 3 aromatic rings. The number of hydrogen-bond acceptors (Lipinski definition) is 1. The molecule has 2 aromatic carbocycles. The van der Waals surface area contributed by atoms with Crippen LogP contribution in [0.4, 0.5) is 0 Å². The summed E-state index contributed by atoms with van der Waals surface area (Å²) in [5.74, 6) is 0. The first-order chi connectivity index (χ1) is 10.8. The summed E-state index contributed by atoms with van der Waals surface area (Å²) < 4.78 is 0. The van der Waals surface area contributed by atoms with E-state index in [0.717, 1.165) is 19.5 Å². The molecule has 0 amide bonds. The van der Waals surface area contributed by atoms with E-state index in [0.29, 0.717) is 0 Å². The maximum absolute atomic E-state index is 3.40. The van der Waals surface area contributed by atoms with Gasteiger partial charge < -0.3 is 10.3 Å². The predicted octanol–water partition coefficient (Wildman–Crippen LogP) is 4.69. The van der Waals surface area contributed by atoms with Gasteiger partial charge in [-0.15, -0.1) is 0 Å². The first-order valence-corrected chi connectivity index (χ1v) is 8.15. The average molecular weight is 292 g/mol. The number of aromatic nitrogens is 1. The van der Waals surface area contributed by atoms with Crippen LogP contribution < -0.4 is 5.32 Å². The zero-order valence-corrected chi connectivity index (χ0v) is 13.4. The molecule has 22 heavy (non-hydrogen) atoms. The molecule has 2 heteroatoms. The summed E-state index contributed by atoms with van der Waals surface area (Å²) in [7, 11) is 0. The van der Waals surface area contributed by atoms with Crippen molar-refractivity contribution >= 4 is 10.9 Å². The Balaban J connectivity index is 1.88. The minimum Gasteiger partial charge on any atom is -0.361 e. The van der Waals surface area contributed by atoms with Gasteiger partial charge in [-0.3, -0.25) is 0 Å². The molecule has 3 rings (SSSR count). The van der Waals surface area contributed by atoms with Crippen LogP contribution in [0.2, 0.25) is 0 Å². The molecule has 0 bridgehead atoms. The molecule has 0 unspecified atom stereocenters. The molecule has 2 nitrogen and oxygen atoms in total. The summed E-state index contributed by atoms with van der Waals surface area (Å²) in [6.45, 7) is 6.43. The van der Waals surface area contributed by atoms with Gasteiger partial charge in [0.05, 0.1) is 0 Å². The van der Waals surface area contributed by atoms with Crippen molar-refractivity contribution < 1.29 is 0 Å². The van der Waals surface area contributed by atoms with Crippen molar-refractivity contribution in [2.75, 3.05) is 13.1 Å². The Bertz CT molecular complexity index is 755. The van der Waals surface area contributed by atoms with E-state index in [1.807, 2.05) is 0 Å². The molecule has 0 spiro atoms. The van der Waals surface area contributed by atoms with E-state index in [-0.39, 0.29) is 0 Å². The molecule has 114 valence electrons. The van der Waals surface area contributed by atoms with E-state index in [9.17, 15) is 0 Å². The molecule has 0 saturated heterocycles. The Labute approximate surface area is 132 Å². The van der Waals surface area contributed by atoms with Crippen molar-refractivity contribution in [2.45, 2.75) is 26.7 Å². The van der Waals surface area contributed by atoms with Crippen molar-refractivity contribution in [1.29, 1.82) is 0 Å². The van der Waals surface area contributed by atoms with Crippen molar-refractivity contribution in [3.8, 4) is 11.1 Å². The molecule has 2 N–H and O–H groups in total. The van der Waals surface area contributed by atoms with Crippen molar-refractivity contribution in [2.24, 2.45) is 0 Å². The second kappa shape index (κ2) is 6.80. The molecule has 1 aromatic heterocycles. The fourth-order valence-electron chi connectivity index (χ4n) is 2.97. The van der Waals surface area contributed by atoms with Crippen LogP contribution in [0, 0.1) is 6.92 Å². The van der Waals surface area contributed by atoms with Crippen LogP contribution in [0.5, 0.6) is 0 Å². The number of aromatic amines is 1. The highest BCUT2D eigenvalue weighted by atomic mass is 14.8. The van der Waals surface area contributed by atoms with Gasteiger partial charge >= 0.3 is 0 Å². The third-order valence-corrected chi connectivity index (χ3v) is 4.17. The lowest BCUT2D eigenvalue weighted by Gasteiger charge is -2.05. The fraction of sp³-hybridized carbons (Fsp3) is 0.300. The minimum atomic E-state index is 1.05. The van der Waals surface area contributed by atoms with Gasteiger partial charge in [0, 0.05) is 17.1 Å². The van der Waals surface area contributed by atoms with Gasteiger partial charge in [0.15, 0.2) is 0 Å². The highest BCUT2D eigenvalue weighted by Crippen LogP contribution is 2.27. The summed E-state index contributed by atoms with van der Waals surface area (Å²) in [5.41, 5.74) is 6.54. The standard InChI is InChI=1S/C20H24N2/c1-3-21-11-5-8-18-14-22-20-10-9-17(13-19(18)20)16-7-4-6-15(2)12-16/h4,6-7,9-10,12-14,21-22H,3,5,8,11H2,1-2H3. The quantitative estimate of drug-likeness (QED) is 0.634. The minimum absolute atomic E-state index is 1.05. The molecule has 0 saturated carbocycles. The van der Waals surface area contributed by atoms with Crippen molar-refractivity contribution in [1.82, 2.24) is 10.3 Å². The maximum Gasteiger partial charge on any atom is 0.0457 e. The van der Waals surface area contributed by atoms with Gasteiger partial charge in [0.1, 0.15) is 0 Å². The molecular weight excluding hydrogens is 268 g/mol. The Morgan fingerprint density at radius 2 is 1.91 bits per heavy atom. The van der Waals surface area contributed by atoms with E-state index in [1.54, 1.807) is 0 Å². The third kappa shape index (κ3) is 3.23. The highest BCUT2D eigenvalue weighted by molar-refractivity contribution is 5.88. The zero-order valence-electron chi connectivity index (χ0n) is 13.4. The average Bonchev–Trinajstić information content (AvgIpc) is 2.94. The van der Waals surface area contributed by atoms with Gasteiger partial charge in [-0.25, -0.2) is 0 Å². The Kier molecular flexibility index (Phi) is 4.59. The van der Waals surface area contributed by atoms with Crippen LogP contribution >= 0.6 is 0 Å². The normalized spacial score (nSPS) is 11.2. The largest absolute Gasteiger partial charge is 0.361 e. The molecular formula is C20H24N2. The summed E-state index contributed by atoms with van der Waals surface area (Å²) in [4.78, 5) is 3.40. The predicted molar refractivity (Wildman–Crippen MR) is 95.3 cm³/mol. The molecule has 0 atom stereocenters. The first-order valence-electron chi connectivity index (χ1n) is 8.15. The number of aryl methyl sites for hydroxylation is 2. The van der Waals surface area contributed by atoms with E-state index < -0.39 is 0 Å². The van der Waals surface area contributed by atoms with Gasteiger partial charge in [0.25, 0.3) is 0 Å². The highest BCUT2D eigenvalue weighted by Gasteiger charge is 2.06. The summed E-state index contributed by atoms with van der Waals surface area (Å²) in [6, 6.07) is 15.4. The van der Waals surface area contributed by atoms with Crippen LogP contribution in [0.1, 0.15) is 24.5 Å². The lowest BCUT2D eigenvalue weighted by Crippen LogP contribution is -2.14. The van der Waals surface area contributed by atoms with E-state index in [1.165, 1.54) is 39.6 Å². The topological polar surface area (TPSA) is 27.8 Å². The maximum atomic E-state index is 3.40. The zero-order chi connectivity index (χ0) is 15.4.